The van der Waals surface area contributed by atoms with E-state index in [9.17, 15) is 0 Å². The minimum absolute atomic E-state index is 0.774. The van der Waals surface area contributed by atoms with Gasteiger partial charge in [-0.2, -0.15) is 0 Å². The summed E-state index contributed by atoms with van der Waals surface area (Å²) in [5.74, 6) is 1.66. The fourth-order valence-electron chi connectivity index (χ4n) is 1.78. The predicted molar refractivity (Wildman–Crippen MR) is 73.0 cm³/mol. The highest BCUT2D eigenvalue weighted by molar-refractivity contribution is 5.41. The summed E-state index contributed by atoms with van der Waals surface area (Å²) < 4.78 is 5.89. The number of rotatable bonds is 4. The highest BCUT2D eigenvalue weighted by atomic mass is 16.5. The zero-order valence-electron chi connectivity index (χ0n) is 11.0. The molecule has 1 aromatic heterocycles. The first-order chi connectivity index (χ1) is 8.70. The van der Waals surface area contributed by atoms with Crippen LogP contribution in [0.2, 0.25) is 0 Å². The van der Waals surface area contributed by atoms with Crippen LogP contribution in [0, 0.1) is 13.8 Å². The molecule has 0 spiro atoms. The van der Waals surface area contributed by atoms with Crippen LogP contribution in [-0.4, -0.2) is 12.0 Å². The summed E-state index contributed by atoms with van der Waals surface area (Å²) in [7, 11) is 1.91. The van der Waals surface area contributed by atoms with E-state index < -0.39 is 0 Å². The summed E-state index contributed by atoms with van der Waals surface area (Å²) >= 11 is 0. The largest absolute Gasteiger partial charge is 0.455 e. The SMILES string of the molecule is CNCc1cncc(Oc2cccc(C)c2C)c1. The monoisotopic (exact) mass is 242 g/mol. The second kappa shape index (κ2) is 5.65. The lowest BCUT2D eigenvalue weighted by atomic mass is 10.1. The van der Waals surface area contributed by atoms with Crippen molar-refractivity contribution < 1.29 is 4.74 Å². The number of aromatic nitrogens is 1. The Labute approximate surface area is 108 Å². The van der Waals surface area contributed by atoms with Gasteiger partial charge in [-0.15, -0.1) is 0 Å². The summed E-state index contributed by atoms with van der Waals surface area (Å²) in [5, 5.41) is 3.10. The van der Waals surface area contributed by atoms with Gasteiger partial charge in [-0.25, -0.2) is 0 Å². The maximum Gasteiger partial charge on any atom is 0.146 e. The molecule has 0 unspecified atom stereocenters. The first kappa shape index (κ1) is 12.6. The maximum atomic E-state index is 5.89. The fraction of sp³-hybridized carbons (Fsp3) is 0.267. The van der Waals surface area contributed by atoms with E-state index in [1.165, 1.54) is 5.56 Å². The van der Waals surface area contributed by atoms with E-state index in [1.807, 2.05) is 31.4 Å². The summed E-state index contributed by atoms with van der Waals surface area (Å²) in [6.45, 7) is 4.93. The van der Waals surface area contributed by atoms with Gasteiger partial charge in [-0.05, 0) is 49.7 Å². The van der Waals surface area contributed by atoms with Gasteiger partial charge in [0.1, 0.15) is 11.5 Å². The third-order valence-corrected chi connectivity index (χ3v) is 2.93. The topological polar surface area (TPSA) is 34.2 Å². The molecule has 2 aromatic rings. The molecular weight excluding hydrogens is 224 g/mol. The number of nitrogens with zero attached hydrogens (tertiary/aromatic N) is 1. The third-order valence-electron chi connectivity index (χ3n) is 2.93. The molecule has 0 aliphatic carbocycles. The Kier molecular flexibility index (Phi) is 3.95. The molecule has 1 heterocycles. The number of aryl methyl sites for hydroxylation is 1. The van der Waals surface area contributed by atoms with Crippen molar-refractivity contribution in [3.8, 4) is 11.5 Å². The van der Waals surface area contributed by atoms with Crippen LogP contribution in [0.4, 0.5) is 0 Å². The Balaban J connectivity index is 2.23. The molecule has 0 radical (unpaired) electrons. The van der Waals surface area contributed by atoms with E-state index >= 15 is 0 Å². The van der Waals surface area contributed by atoms with Gasteiger partial charge in [0.25, 0.3) is 0 Å². The van der Waals surface area contributed by atoms with E-state index in [0.717, 1.165) is 29.2 Å². The lowest BCUT2D eigenvalue weighted by molar-refractivity contribution is 0.475. The number of hydrogen-bond donors (Lipinski definition) is 1. The van der Waals surface area contributed by atoms with Crippen LogP contribution >= 0.6 is 0 Å². The average molecular weight is 242 g/mol. The third kappa shape index (κ3) is 2.87. The Morgan fingerprint density at radius 3 is 2.83 bits per heavy atom. The molecule has 1 aromatic carbocycles. The molecule has 0 amide bonds. The molecule has 0 bridgehead atoms. The standard InChI is InChI=1S/C15H18N2O/c1-11-5-4-6-15(12(11)2)18-14-7-13(8-16-3)9-17-10-14/h4-7,9-10,16H,8H2,1-3H3. The van der Waals surface area contributed by atoms with E-state index in [0.29, 0.717) is 0 Å². The van der Waals surface area contributed by atoms with Crippen LogP contribution in [0.25, 0.3) is 0 Å². The lowest BCUT2D eigenvalue weighted by Crippen LogP contribution is -2.05. The summed E-state index contributed by atoms with van der Waals surface area (Å²) in [4.78, 5) is 4.19. The van der Waals surface area contributed by atoms with Crippen LogP contribution in [0.5, 0.6) is 11.5 Å². The number of ether oxygens (including phenoxy) is 1. The van der Waals surface area contributed by atoms with Gasteiger partial charge in [0.05, 0.1) is 6.20 Å². The molecule has 1 N–H and O–H groups in total. The van der Waals surface area contributed by atoms with Crippen molar-refractivity contribution in [2.45, 2.75) is 20.4 Å². The van der Waals surface area contributed by atoms with E-state index in [4.69, 9.17) is 4.74 Å². The van der Waals surface area contributed by atoms with Crippen LogP contribution in [0.1, 0.15) is 16.7 Å². The van der Waals surface area contributed by atoms with Crippen molar-refractivity contribution >= 4 is 0 Å². The summed E-state index contributed by atoms with van der Waals surface area (Å²) in [6, 6.07) is 8.07. The Bertz CT molecular complexity index is 538. The summed E-state index contributed by atoms with van der Waals surface area (Å²) in [5.41, 5.74) is 3.50. The first-order valence-corrected chi connectivity index (χ1v) is 6.03. The molecule has 0 saturated carbocycles. The van der Waals surface area contributed by atoms with Crippen molar-refractivity contribution in [1.29, 1.82) is 0 Å². The van der Waals surface area contributed by atoms with Crippen molar-refractivity contribution in [2.75, 3.05) is 7.05 Å². The molecule has 0 aliphatic heterocycles. The quantitative estimate of drug-likeness (QED) is 0.894. The second-order valence-corrected chi connectivity index (χ2v) is 4.36. The van der Waals surface area contributed by atoms with Crippen LogP contribution in [0.15, 0.2) is 36.7 Å². The molecule has 3 nitrogen and oxygen atoms in total. The van der Waals surface area contributed by atoms with Gasteiger partial charge < -0.3 is 10.1 Å². The molecule has 0 fully saturated rings. The highest BCUT2D eigenvalue weighted by Crippen LogP contribution is 2.26. The van der Waals surface area contributed by atoms with E-state index in [1.54, 1.807) is 6.20 Å². The van der Waals surface area contributed by atoms with Crippen LogP contribution in [-0.2, 0) is 6.54 Å². The smallest absolute Gasteiger partial charge is 0.146 e. The van der Waals surface area contributed by atoms with Crippen molar-refractivity contribution in [3.63, 3.8) is 0 Å². The second-order valence-electron chi connectivity index (χ2n) is 4.36. The molecule has 18 heavy (non-hydrogen) atoms. The van der Waals surface area contributed by atoms with Crippen molar-refractivity contribution in [3.05, 3.63) is 53.3 Å². The van der Waals surface area contributed by atoms with Gasteiger partial charge in [0.2, 0.25) is 0 Å². The number of benzene rings is 1. The van der Waals surface area contributed by atoms with Crippen molar-refractivity contribution in [1.82, 2.24) is 10.3 Å². The summed E-state index contributed by atoms with van der Waals surface area (Å²) in [6.07, 6.45) is 3.58. The predicted octanol–water partition coefficient (Wildman–Crippen LogP) is 3.21. The number of hydrogen-bond acceptors (Lipinski definition) is 3. The minimum Gasteiger partial charge on any atom is -0.455 e. The van der Waals surface area contributed by atoms with Gasteiger partial charge in [0, 0.05) is 12.7 Å². The molecule has 94 valence electrons. The Morgan fingerprint density at radius 2 is 2.06 bits per heavy atom. The molecule has 0 atom stereocenters. The molecule has 0 aliphatic rings. The highest BCUT2D eigenvalue weighted by Gasteiger charge is 2.04. The number of pyridine rings is 1. The lowest BCUT2D eigenvalue weighted by Gasteiger charge is -2.11. The Hall–Kier alpha value is -1.87. The Morgan fingerprint density at radius 1 is 1.22 bits per heavy atom. The van der Waals surface area contributed by atoms with Gasteiger partial charge >= 0.3 is 0 Å². The normalized spacial score (nSPS) is 10.4. The maximum absolute atomic E-state index is 5.89. The van der Waals surface area contributed by atoms with E-state index in [2.05, 4.69) is 30.2 Å². The minimum atomic E-state index is 0.774. The molecular formula is C15H18N2O. The average Bonchev–Trinajstić information content (AvgIpc) is 2.36. The van der Waals surface area contributed by atoms with Gasteiger partial charge in [-0.3, -0.25) is 4.98 Å². The molecule has 2 rings (SSSR count). The number of nitrogens with one attached hydrogen (secondary N) is 1. The van der Waals surface area contributed by atoms with Crippen LogP contribution in [0.3, 0.4) is 0 Å². The van der Waals surface area contributed by atoms with E-state index in [-0.39, 0.29) is 0 Å². The van der Waals surface area contributed by atoms with Gasteiger partial charge in [-0.1, -0.05) is 12.1 Å². The fourth-order valence-corrected chi connectivity index (χ4v) is 1.78. The molecule has 0 saturated heterocycles. The zero-order valence-corrected chi connectivity index (χ0v) is 11.0. The van der Waals surface area contributed by atoms with Crippen LogP contribution < -0.4 is 10.1 Å². The zero-order chi connectivity index (χ0) is 13.0. The van der Waals surface area contributed by atoms with Crippen molar-refractivity contribution in [2.24, 2.45) is 0 Å². The molecule has 3 heteroatoms. The van der Waals surface area contributed by atoms with Gasteiger partial charge in [0.15, 0.2) is 0 Å². The first-order valence-electron chi connectivity index (χ1n) is 6.03.